The van der Waals surface area contributed by atoms with E-state index in [0.29, 0.717) is 4.88 Å². The van der Waals surface area contributed by atoms with Crippen LogP contribution in [0.2, 0.25) is 0 Å². The molecule has 9 heteroatoms. The Morgan fingerprint density at radius 1 is 1.13 bits per heavy atom. The van der Waals surface area contributed by atoms with Gasteiger partial charge in [-0.05, 0) is 39.7 Å². The number of rotatable bonds is 3. The van der Waals surface area contributed by atoms with Crippen molar-refractivity contribution in [1.29, 1.82) is 0 Å². The lowest BCUT2D eigenvalue weighted by molar-refractivity contribution is -0.137. The summed E-state index contributed by atoms with van der Waals surface area (Å²) in [7, 11) is 0. The number of hydrogen-bond acceptors (Lipinski definition) is 3. The van der Waals surface area contributed by atoms with Crippen molar-refractivity contribution in [2.75, 3.05) is 0 Å². The van der Waals surface area contributed by atoms with Gasteiger partial charge in [0.05, 0.1) is 20.6 Å². The zero-order chi connectivity index (χ0) is 17.0. The summed E-state index contributed by atoms with van der Waals surface area (Å²) in [6.45, 7) is 0. The van der Waals surface area contributed by atoms with Gasteiger partial charge >= 0.3 is 6.18 Å². The zero-order valence-corrected chi connectivity index (χ0v) is 13.8. The molecule has 0 unspecified atom stereocenters. The first kappa shape index (κ1) is 17.5. The summed E-state index contributed by atoms with van der Waals surface area (Å²) in [5, 5.41) is 0. The molecule has 0 saturated heterocycles. The monoisotopic (exact) mass is 406 g/mol. The number of hydrazine groups is 1. The maximum atomic E-state index is 12.6. The second-order valence-corrected chi connectivity index (χ2v) is 6.94. The molecule has 2 N–H and O–H groups in total. The van der Waals surface area contributed by atoms with E-state index in [1.165, 1.54) is 23.5 Å². The molecule has 1 aromatic carbocycles. The van der Waals surface area contributed by atoms with Gasteiger partial charge in [-0.2, -0.15) is 13.2 Å². The van der Waals surface area contributed by atoms with Crippen LogP contribution in [0, 0.1) is 0 Å². The Kier molecular flexibility index (Phi) is 5.42. The van der Waals surface area contributed by atoms with Gasteiger partial charge in [0.15, 0.2) is 0 Å². The van der Waals surface area contributed by atoms with Crippen LogP contribution in [0.3, 0.4) is 0 Å². The number of nitrogens with one attached hydrogen (secondary N) is 2. The number of amides is 2. The highest BCUT2D eigenvalue weighted by Crippen LogP contribution is 2.29. The summed E-state index contributed by atoms with van der Waals surface area (Å²) in [6, 6.07) is 7.73. The van der Waals surface area contributed by atoms with Crippen molar-refractivity contribution in [1.82, 2.24) is 10.9 Å². The molecule has 2 rings (SSSR count). The van der Waals surface area contributed by atoms with Crippen LogP contribution in [0.15, 0.2) is 40.2 Å². The Balaban J connectivity index is 1.91. The summed E-state index contributed by atoms with van der Waals surface area (Å²) < 4.78 is 38.5. The molecule has 122 valence electrons. The van der Waals surface area contributed by atoms with E-state index in [9.17, 15) is 22.8 Å². The van der Waals surface area contributed by atoms with E-state index in [-0.39, 0.29) is 12.0 Å². The van der Waals surface area contributed by atoms with E-state index in [4.69, 9.17) is 0 Å². The highest BCUT2D eigenvalue weighted by Gasteiger charge is 2.30. The van der Waals surface area contributed by atoms with Crippen LogP contribution in [-0.4, -0.2) is 11.8 Å². The van der Waals surface area contributed by atoms with Gasteiger partial charge in [-0.1, -0.05) is 18.2 Å². The fraction of sp³-hybridized carbons (Fsp3) is 0.143. The van der Waals surface area contributed by atoms with Crippen molar-refractivity contribution in [2.45, 2.75) is 12.6 Å². The third kappa shape index (κ3) is 5.07. The van der Waals surface area contributed by atoms with Gasteiger partial charge in [-0.25, -0.2) is 0 Å². The largest absolute Gasteiger partial charge is 0.416 e. The number of carbonyl (C=O) groups excluding carboxylic acids is 2. The molecule has 4 nitrogen and oxygen atoms in total. The molecule has 0 bridgehead atoms. The van der Waals surface area contributed by atoms with Crippen LogP contribution >= 0.6 is 27.3 Å². The van der Waals surface area contributed by atoms with Gasteiger partial charge in [-0.15, -0.1) is 11.3 Å². The topological polar surface area (TPSA) is 58.2 Å². The predicted molar refractivity (Wildman–Crippen MR) is 82.8 cm³/mol. The molecule has 0 saturated carbocycles. The van der Waals surface area contributed by atoms with Crippen LogP contribution in [0.4, 0.5) is 13.2 Å². The van der Waals surface area contributed by atoms with E-state index >= 15 is 0 Å². The predicted octanol–water partition coefficient (Wildman–Crippen LogP) is 3.53. The van der Waals surface area contributed by atoms with E-state index in [0.717, 1.165) is 15.9 Å². The van der Waals surface area contributed by atoms with E-state index in [1.807, 2.05) is 0 Å². The highest BCUT2D eigenvalue weighted by molar-refractivity contribution is 9.11. The first-order chi connectivity index (χ1) is 10.8. The van der Waals surface area contributed by atoms with Crippen molar-refractivity contribution >= 4 is 39.1 Å². The number of halogens is 4. The molecule has 0 aliphatic carbocycles. The first-order valence-corrected chi connectivity index (χ1v) is 7.87. The lowest BCUT2D eigenvalue weighted by atomic mass is 10.1. The van der Waals surface area contributed by atoms with Crippen molar-refractivity contribution in [3.63, 3.8) is 0 Å². The Morgan fingerprint density at radius 3 is 2.48 bits per heavy atom. The molecule has 2 aromatic rings. The standard InChI is InChI=1S/C14H10BrF3N2O2S/c15-11-5-4-10(23-11)13(22)20-19-12(21)7-8-2-1-3-9(6-8)14(16,17)18/h1-6H,7H2,(H,19,21)(H,20,22). The molecule has 0 fully saturated rings. The summed E-state index contributed by atoms with van der Waals surface area (Å²) in [6.07, 6.45) is -4.74. The maximum absolute atomic E-state index is 12.6. The van der Waals surface area contributed by atoms with Crippen molar-refractivity contribution in [3.8, 4) is 0 Å². The summed E-state index contributed by atoms with van der Waals surface area (Å²) in [5.74, 6) is -1.12. The van der Waals surface area contributed by atoms with Crippen LogP contribution in [0.25, 0.3) is 0 Å². The minimum atomic E-state index is -4.47. The van der Waals surface area contributed by atoms with Gasteiger partial charge in [-0.3, -0.25) is 20.4 Å². The van der Waals surface area contributed by atoms with Gasteiger partial charge in [0.1, 0.15) is 0 Å². The highest BCUT2D eigenvalue weighted by atomic mass is 79.9. The Labute approximate surface area is 141 Å². The maximum Gasteiger partial charge on any atom is 0.416 e. The lowest BCUT2D eigenvalue weighted by Crippen LogP contribution is -2.42. The van der Waals surface area contributed by atoms with Gasteiger partial charge in [0.2, 0.25) is 5.91 Å². The van der Waals surface area contributed by atoms with Crippen LogP contribution in [0.1, 0.15) is 20.8 Å². The Morgan fingerprint density at radius 2 is 1.87 bits per heavy atom. The molecule has 23 heavy (non-hydrogen) atoms. The second kappa shape index (κ2) is 7.14. The van der Waals surface area contributed by atoms with Gasteiger partial charge in [0, 0.05) is 0 Å². The molecule has 1 aromatic heterocycles. The molecule has 0 radical (unpaired) electrons. The number of hydrogen-bond donors (Lipinski definition) is 2. The molecule has 0 aliphatic heterocycles. The Hall–Kier alpha value is -1.87. The summed E-state index contributed by atoms with van der Waals surface area (Å²) in [4.78, 5) is 23.8. The van der Waals surface area contributed by atoms with E-state index < -0.39 is 23.6 Å². The van der Waals surface area contributed by atoms with Gasteiger partial charge < -0.3 is 0 Å². The number of benzene rings is 1. The average molecular weight is 407 g/mol. The normalized spacial score (nSPS) is 11.1. The number of thiophene rings is 1. The molecular weight excluding hydrogens is 397 g/mol. The number of alkyl halides is 3. The average Bonchev–Trinajstić information content (AvgIpc) is 2.91. The zero-order valence-electron chi connectivity index (χ0n) is 11.4. The van der Waals surface area contributed by atoms with Crippen molar-refractivity contribution in [3.05, 3.63) is 56.2 Å². The molecule has 2 amide bonds. The Bertz CT molecular complexity index is 731. The second-order valence-electron chi connectivity index (χ2n) is 4.48. The van der Waals surface area contributed by atoms with Crippen molar-refractivity contribution < 1.29 is 22.8 Å². The molecule has 0 spiro atoms. The third-order valence-electron chi connectivity index (χ3n) is 2.73. The van der Waals surface area contributed by atoms with E-state index in [1.54, 1.807) is 12.1 Å². The molecular formula is C14H10BrF3N2O2S. The van der Waals surface area contributed by atoms with Crippen LogP contribution in [-0.2, 0) is 17.4 Å². The minimum Gasteiger partial charge on any atom is -0.273 e. The van der Waals surface area contributed by atoms with Gasteiger partial charge in [0.25, 0.3) is 5.91 Å². The summed E-state index contributed by atoms with van der Waals surface area (Å²) in [5.41, 5.74) is 3.75. The molecule has 0 atom stereocenters. The van der Waals surface area contributed by atoms with Crippen LogP contribution < -0.4 is 10.9 Å². The molecule has 0 aliphatic rings. The fourth-order valence-corrected chi connectivity index (χ4v) is 2.99. The number of carbonyl (C=O) groups is 2. The smallest absolute Gasteiger partial charge is 0.273 e. The van der Waals surface area contributed by atoms with E-state index in [2.05, 4.69) is 26.8 Å². The fourth-order valence-electron chi connectivity index (χ4n) is 1.71. The van der Waals surface area contributed by atoms with Crippen molar-refractivity contribution in [2.24, 2.45) is 0 Å². The SMILES string of the molecule is O=C(Cc1cccc(C(F)(F)F)c1)NNC(=O)c1ccc(Br)s1. The minimum absolute atomic E-state index is 0.199. The molecule has 1 heterocycles. The third-order valence-corrected chi connectivity index (χ3v) is 4.35. The van der Waals surface area contributed by atoms with Crippen LogP contribution in [0.5, 0.6) is 0 Å². The quantitative estimate of drug-likeness (QED) is 0.765. The first-order valence-electron chi connectivity index (χ1n) is 6.26. The summed E-state index contributed by atoms with van der Waals surface area (Å²) >= 11 is 4.39. The lowest BCUT2D eigenvalue weighted by Gasteiger charge is -2.09.